The standard InChI is InChI=1S/C17H14ClFN4O/c18-13-4-2-6-15(10-13)20-17(24)21-16-7-8-23(22-16)11-12-3-1-5-14(19)9-12/h1-10H,11H2,(H2,20,21,22,24). The van der Waals surface area contributed by atoms with Gasteiger partial charge in [-0.3, -0.25) is 10.00 Å². The highest BCUT2D eigenvalue weighted by Crippen LogP contribution is 2.15. The van der Waals surface area contributed by atoms with Crippen LogP contribution in [-0.4, -0.2) is 15.8 Å². The summed E-state index contributed by atoms with van der Waals surface area (Å²) in [4.78, 5) is 11.9. The van der Waals surface area contributed by atoms with E-state index < -0.39 is 6.03 Å². The molecule has 2 amide bonds. The molecule has 7 heteroatoms. The predicted octanol–water partition coefficient (Wildman–Crippen LogP) is 4.37. The van der Waals surface area contributed by atoms with Gasteiger partial charge in [-0.2, -0.15) is 5.10 Å². The van der Waals surface area contributed by atoms with Crippen molar-refractivity contribution in [1.29, 1.82) is 0 Å². The highest BCUT2D eigenvalue weighted by Gasteiger charge is 2.06. The van der Waals surface area contributed by atoms with Gasteiger partial charge in [0.25, 0.3) is 0 Å². The maximum atomic E-state index is 13.2. The second-order valence-electron chi connectivity index (χ2n) is 5.12. The summed E-state index contributed by atoms with van der Waals surface area (Å²) >= 11 is 5.87. The monoisotopic (exact) mass is 344 g/mol. The molecule has 2 aromatic carbocycles. The van der Waals surface area contributed by atoms with Gasteiger partial charge in [0.15, 0.2) is 5.82 Å². The Bertz CT molecular complexity index is 865. The van der Waals surface area contributed by atoms with Crippen LogP contribution in [0.15, 0.2) is 60.8 Å². The van der Waals surface area contributed by atoms with E-state index in [1.807, 2.05) is 6.07 Å². The zero-order valence-electron chi connectivity index (χ0n) is 12.5. The summed E-state index contributed by atoms with van der Waals surface area (Å²) in [5.74, 6) is 0.102. The number of halogens is 2. The minimum Gasteiger partial charge on any atom is -0.308 e. The van der Waals surface area contributed by atoms with Gasteiger partial charge in [-0.25, -0.2) is 9.18 Å². The number of nitrogens with zero attached hydrogens (tertiary/aromatic N) is 2. The molecule has 0 saturated carbocycles. The normalized spacial score (nSPS) is 10.4. The van der Waals surface area contributed by atoms with Gasteiger partial charge in [-0.05, 0) is 35.9 Å². The minimum atomic E-state index is -0.423. The largest absolute Gasteiger partial charge is 0.324 e. The summed E-state index contributed by atoms with van der Waals surface area (Å²) in [5, 5.41) is 10.1. The van der Waals surface area contributed by atoms with E-state index in [4.69, 9.17) is 11.6 Å². The molecule has 0 radical (unpaired) electrons. The molecule has 2 N–H and O–H groups in total. The van der Waals surface area contributed by atoms with Gasteiger partial charge in [-0.1, -0.05) is 29.8 Å². The van der Waals surface area contributed by atoms with E-state index >= 15 is 0 Å². The lowest BCUT2D eigenvalue weighted by atomic mass is 10.2. The van der Waals surface area contributed by atoms with Gasteiger partial charge in [0.05, 0.1) is 6.54 Å². The first-order valence-electron chi connectivity index (χ1n) is 7.20. The van der Waals surface area contributed by atoms with E-state index in [1.165, 1.54) is 12.1 Å². The van der Waals surface area contributed by atoms with Crippen molar-refractivity contribution in [2.24, 2.45) is 0 Å². The molecule has 0 spiro atoms. The molecule has 3 rings (SSSR count). The Morgan fingerprint density at radius 1 is 1.12 bits per heavy atom. The van der Waals surface area contributed by atoms with Crippen molar-refractivity contribution >= 4 is 29.1 Å². The van der Waals surface area contributed by atoms with Crippen LogP contribution in [0.2, 0.25) is 5.02 Å². The van der Waals surface area contributed by atoms with Gasteiger partial charge >= 0.3 is 6.03 Å². The number of aromatic nitrogens is 2. The Morgan fingerprint density at radius 2 is 1.96 bits per heavy atom. The van der Waals surface area contributed by atoms with Crippen LogP contribution in [0.3, 0.4) is 0 Å². The Balaban J connectivity index is 1.60. The summed E-state index contributed by atoms with van der Waals surface area (Å²) in [6.07, 6.45) is 1.71. The maximum Gasteiger partial charge on any atom is 0.324 e. The van der Waals surface area contributed by atoms with Crippen molar-refractivity contribution in [1.82, 2.24) is 9.78 Å². The van der Waals surface area contributed by atoms with Gasteiger partial charge < -0.3 is 5.32 Å². The van der Waals surface area contributed by atoms with Crippen LogP contribution in [0.4, 0.5) is 20.7 Å². The second kappa shape index (κ2) is 7.14. The summed E-state index contributed by atoms with van der Waals surface area (Å²) in [5.41, 5.74) is 1.37. The molecule has 0 aliphatic rings. The van der Waals surface area contributed by atoms with E-state index in [0.717, 1.165) is 5.56 Å². The third-order valence-corrected chi connectivity index (χ3v) is 3.43. The zero-order valence-corrected chi connectivity index (χ0v) is 13.3. The van der Waals surface area contributed by atoms with Gasteiger partial charge in [0.1, 0.15) is 5.82 Å². The van der Waals surface area contributed by atoms with E-state index in [-0.39, 0.29) is 5.82 Å². The molecule has 122 valence electrons. The van der Waals surface area contributed by atoms with Gasteiger partial charge in [0.2, 0.25) is 0 Å². The van der Waals surface area contributed by atoms with E-state index in [0.29, 0.717) is 23.1 Å². The molecule has 0 unspecified atom stereocenters. The number of anilines is 2. The molecule has 5 nitrogen and oxygen atoms in total. The molecule has 3 aromatic rings. The van der Waals surface area contributed by atoms with Crippen LogP contribution in [0.1, 0.15) is 5.56 Å². The van der Waals surface area contributed by atoms with E-state index in [1.54, 1.807) is 47.3 Å². The first-order valence-corrected chi connectivity index (χ1v) is 7.58. The lowest BCUT2D eigenvalue weighted by molar-refractivity contribution is 0.262. The Morgan fingerprint density at radius 3 is 2.75 bits per heavy atom. The summed E-state index contributed by atoms with van der Waals surface area (Å²) in [7, 11) is 0. The Hall–Kier alpha value is -2.86. The second-order valence-corrected chi connectivity index (χ2v) is 5.55. The molecule has 0 aliphatic carbocycles. The summed E-state index contributed by atoms with van der Waals surface area (Å²) in [6.45, 7) is 0.412. The SMILES string of the molecule is O=C(Nc1cccc(Cl)c1)Nc1ccn(Cc2cccc(F)c2)n1. The average Bonchev–Trinajstić information content (AvgIpc) is 2.94. The predicted molar refractivity (Wildman–Crippen MR) is 91.8 cm³/mol. The molecule has 24 heavy (non-hydrogen) atoms. The van der Waals surface area contributed by atoms with Crippen LogP contribution in [0, 0.1) is 5.82 Å². The Labute approximate surface area is 143 Å². The van der Waals surface area contributed by atoms with Crippen molar-refractivity contribution in [2.75, 3.05) is 10.6 Å². The molecule has 0 fully saturated rings. The average molecular weight is 345 g/mol. The molecule has 0 saturated heterocycles. The van der Waals surface area contributed by atoms with E-state index in [2.05, 4.69) is 15.7 Å². The number of hydrogen-bond acceptors (Lipinski definition) is 2. The molecule has 0 aliphatic heterocycles. The topological polar surface area (TPSA) is 59.0 Å². The highest BCUT2D eigenvalue weighted by molar-refractivity contribution is 6.30. The van der Waals surface area contributed by atoms with Crippen LogP contribution in [-0.2, 0) is 6.54 Å². The van der Waals surface area contributed by atoms with Gasteiger partial charge in [0, 0.05) is 23.0 Å². The van der Waals surface area contributed by atoms with Crippen molar-refractivity contribution in [3.63, 3.8) is 0 Å². The van der Waals surface area contributed by atoms with Crippen LogP contribution in [0.5, 0.6) is 0 Å². The lowest BCUT2D eigenvalue weighted by Gasteiger charge is -2.06. The van der Waals surface area contributed by atoms with Gasteiger partial charge in [-0.15, -0.1) is 0 Å². The smallest absolute Gasteiger partial charge is 0.308 e. The fourth-order valence-corrected chi connectivity index (χ4v) is 2.37. The quantitative estimate of drug-likeness (QED) is 0.738. The van der Waals surface area contributed by atoms with Crippen molar-refractivity contribution in [3.8, 4) is 0 Å². The first-order chi connectivity index (χ1) is 11.6. The maximum absolute atomic E-state index is 13.2. The molecular weight excluding hydrogens is 331 g/mol. The summed E-state index contributed by atoms with van der Waals surface area (Å²) < 4.78 is 14.8. The highest BCUT2D eigenvalue weighted by atomic mass is 35.5. The molecule has 1 heterocycles. The first kappa shape index (κ1) is 16.0. The van der Waals surface area contributed by atoms with Crippen molar-refractivity contribution in [3.05, 3.63) is 77.2 Å². The fraction of sp³-hybridized carbons (Fsp3) is 0.0588. The molecule has 0 bridgehead atoms. The number of hydrogen-bond donors (Lipinski definition) is 2. The number of amides is 2. The van der Waals surface area contributed by atoms with Crippen LogP contribution < -0.4 is 10.6 Å². The third-order valence-electron chi connectivity index (χ3n) is 3.20. The number of benzene rings is 2. The van der Waals surface area contributed by atoms with Crippen LogP contribution in [0.25, 0.3) is 0 Å². The minimum absolute atomic E-state index is 0.293. The third kappa shape index (κ3) is 4.33. The molecule has 1 aromatic heterocycles. The number of nitrogens with one attached hydrogen (secondary N) is 2. The van der Waals surface area contributed by atoms with Crippen LogP contribution >= 0.6 is 11.6 Å². The van der Waals surface area contributed by atoms with E-state index in [9.17, 15) is 9.18 Å². The number of carbonyl (C=O) groups excluding carboxylic acids is 1. The lowest BCUT2D eigenvalue weighted by Crippen LogP contribution is -2.19. The Kier molecular flexibility index (Phi) is 4.77. The number of rotatable bonds is 4. The fourth-order valence-electron chi connectivity index (χ4n) is 2.18. The number of carbonyl (C=O) groups is 1. The molecule has 0 atom stereocenters. The zero-order chi connectivity index (χ0) is 16.9. The summed E-state index contributed by atoms with van der Waals surface area (Å²) in [6, 6.07) is 14.4. The molecular formula is C17H14ClFN4O. The number of urea groups is 1. The van der Waals surface area contributed by atoms with Crippen molar-refractivity contribution in [2.45, 2.75) is 6.54 Å². The van der Waals surface area contributed by atoms with Crippen molar-refractivity contribution < 1.29 is 9.18 Å².